The number of hydrogen-bond donors (Lipinski definition) is 3. The zero-order valence-corrected chi connectivity index (χ0v) is 13.6. The van der Waals surface area contributed by atoms with Crippen molar-refractivity contribution in [3.63, 3.8) is 0 Å². The second-order valence-corrected chi connectivity index (χ2v) is 5.51. The summed E-state index contributed by atoms with van der Waals surface area (Å²) in [7, 11) is 3.68. The van der Waals surface area contributed by atoms with Crippen LogP contribution in [0.4, 0.5) is 0 Å². The summed E-state index contributed by atoms with van der Waals surface area (Å²) in [5.74, 6) is 0.414. The van der Waals surface area contributed by atoms with Crippen molar-refractivity contribution >= 4 is 11.9 Å². The van der Waals surface area contributed by atoms with Crippen LogP contribution in [0.5, 0.6) is 0 Å². The van der Waals surface area contributed by atoms with Gasteiger partial charge in [0.2, 0.25) is 0 Å². The topological polar surface area (TPSA) is 66.2 Å². The lowest BCUT2D eigenvalue weighted by Crippen LogP contribution is -2.46. The molecule has 0 bridgehead atoms. The highest BCUT2D eigenvalue weighted by molar-refractivity contribution is 5.95. The Morgan fingerprint density at radius 3 is 1.43 bits per heavy atom. The number of benzene rings is 2. The Bertz CT molecular complexity index is 581. The van der Waals surface area contributed by atoms with Gasteiger partial charge in [0.15, 0.2) is 11.9 Å². The molecule has 0 amide bonds. The first-order chi connectivity index (χ1) is 11.1. The molecule has 0 saturated heterocycles. The van der Waals surface area contributed by atoms with Gasteiger partial charge in [-0.3, -0.25) is 16.1 Å². The summed E-state index contributed by atoms with van der Waals surface area (Å²) in [5, 5.41) is 19.0. The van der Waals surface area contributed by atoms with Crippen LogP contribution in [0.2, 0.25) is 0 Å². The van der Waals surface area contributed by atoms with Crippen LogP contribution >= 0.6 is 0 Å². The number of nitrogens with zero attached hydrogens (tertiary/aromatic N) is 2. The molecule has 2 rings (SSSR count). The van der Waals surface area contributed by atoms with Crippen LogP contribution in [0.25, 0.3) is 0 Å². The largest absolute Gasteiger partial charge is 0.342 e. The minimum absolute atomic E-state index is 0.207. The highest BCUT2D eigenvalue weighted by Crippen LogP contribution is 2.04. The number of hydrogen-bond acceptors (Lipinski definition) is 2. The summed E-state index contributed by atoms with van der Waals surface area (Å²) in [6, 6.07) is 20.0. The monoisotopic (exact) mass is 309 g/mol. The maximum Gasteiger partial charge on any atom is 0.197 e. The molecule has 0 saturated carbocycles. The molecule has 3 N–H and O–H groups in total. The molecule has 0 aliphatic heterocycles. The summed E-state index contributed by atoms with van der Waals surface area (Å²) in [6.45, 7) is 1.25. The quantitative estimate of drug-likeness (QED) is 0.601. The van der Waals surface area contributed by atoms with Crippen molar-refractivity contribution in [3.8, 4) is 0 Å². The van der Waals surface area contributed by atoms with Crippen molar-refractivity contribution in [1.29, 1.82) is 10.8 Å². The van der Waals surface area contributed by atoms with Crippen molar-refractivity contribution in [2.45, 2.75) is 13.1 Å². The van der Waals surface area contributed by atoms with E-state index in [1.54, 1.807) is 9.80 Å². The Kier molecular flexibility index (Phi) is 5.74. The van der Waals surface area contributed by atoms with Gasteiger partial charge in [0, 0.05) is 27.2 Å². The molecule has 0 fully saturated rings. The molecule has 0 atom stereocenters. The van der Waals surface area contributed by atoms with Gasteiger partial charge >= 0.3 is 0 Å². The van der Waals surface area contributed by atoms with E-state index in [-0.39, 0.29) is 11.9 Å². The first-order valence-electron chi connectivity index (χ1n) is 7.50. The summed E-state index contributed by atoms with van der Waals surface area (Å²) < 4.78 is 0. The maximum atomic E-state index is 8.09. The third-order valence-corrected chi connectivity index (χ3v) is 3.53. The molecular formula is C18H23N5. The standard InChI is InChI=1S/C18H23N5/c1-22(13-15-9-5-3-6-10-15)17(19)21-18(20)23(2)14-16-11-7-4-8-12-16/h3-12H,13-14H2,1-2H3,(H3,19,20,21). The van der Waals surface area contributed by atoms with Gasteiger partial charge in [0.05, 0.1) is 0 Å². The molecular weight excluding hydrogens is 286 g/mol. The zero-order valence-electron chi connectivity index (χ0n) is 13.6. The van der Waals surface area contributed by atoms with E-state index in [0.29, 0.717) is 13.1 Å². The van der Waals surface area contributed by atoms with Crippen molar-refractivity contribution in [2.75, 3.05) is 14.1 Å². The molecule has 0 aromatic heterocycles. The Hall–Kier alpha value is -2.82. The van der Waals surface area contributed by atoms with Gasteiger partial charge in [-0.25, -0.2) is 0 Å². The average molecular weight is 309 g/mol. The zero-order chi connectivity index (χ0) is 16.7. The third-order valence-electron chi connectivity index (χ3n) is 3.53. The van der Waals surface area contributed by atoms with Crippen LogP contribution < -0.4 is 5.32 Å². The van der Waals surface area contributed by atoms with Crippen molar-refractivity contribution in [3.05, 3.63) is 71.8 Å². The molecule has 0 aliphatic rings. The Morgan fingerprint density at radius 1 is 0.739 bits per heavy atom. The maximum absolute atomic E-state index is 8.09. The molecule has 0 aliphatic carbocycles. The molecule has 2 aromatic carbocycles. The normalized spacial score (nSPS) is 10.0. The summed E-state index contributed by atoms with van der Waals surface area (Å²) in [6.07, 6.45) is 0. The van der Waals surface area contributed by atoms with Crippen LogP contribution in [-0.2, 0) is 13.1 Å². The summed E-state index contributed by atoms with van der Waals surface area (Å²) in [4.78, 5) is 3.56. The molecule has 0 spiro atoms. The number of nitrogens with one attached hydrogen (secondary N) is 3. The van der Waals surface area contributed by atoms with Gasteiger partial charge in [-0.1, -0.05) is 60.7 Å². The lowest BCUT2D eigenvalue weighted by Gasteiger charge is -2.25. The van der Waals surface area contributed by atoms with Crippen molar-refractivity contribution in [1.82, 2.24) is 15.1 Å². The summed E-state index contributed by atoms with van der Waals surface area (Å²) >= 11 is 0. The minimum atomic E-state index is 0.207. The van der Waals surface area contributed by atoms with E-state index in [2.05, 4.69) is 5.32 Å². The van der Waals surface area contributed by atoms with E-state index in [4.69, 9.17) is 10.8 Å². The van der Waals surface area contributed by atoms with Crippen LogP contribution in [0.1, 0.15) is 11.1 Å². The predicted molar refractivity (Wildman–Crippen MR) is 94.4 cm³/mol. The first kappa shape index (κ1) is 16.5. The average Bonchev–Trinajstić information content (AvgIpc) is 2.56. The van der Waals surface area contributed by atoms with Gasteiger partial charge in [-0.15, -0.1) is 0 Å². The van der Waals surface area contributed by atoms with E-state index in [0.717, 1.165) is 11.1 Å². The predicted octanol–water partition coefficient (Wildman–Crippen LogP) is 2.71. The second kappa shape index (κ2) is 7.98. The fourth-order valence-corrected chi connectivity index (χ4v) is 2.18. The fourth-order valence-electron chi connectivity index (χ4n) is 2.18. The van der Waals surface area contributed by atoms with Crippen LogP contribution in [0.15, 0.2) is 60.7 Å². The highest BCUT2D eigenvalue weighted by atomic mass is 15.3. The SMILES string of the molecule is CN(Cc1ccccc1)C(=N)NC(=N)N(C)Cc1ccccc1. The lowest BCUT2D eigenvalue weighted by atomic mass is 10.2. The Balaban J connectivity index is 1.85. The molecule has 2 aromatic rings. The molecule has 0 unspecified atom stereocenters. The smallest absolute Gasteiger partial charge is 0.197 e. The van der Waals surface area contributed by atoms with E-state index < -0.39 is 0 Å². The van der Waals surface area contributed by atoms with Gasteiger partial charge in [0.1, 0.15) is 0 Å². The van der Waals surface area contributed by atoms with Crippen molar-refractivity contribution in [2.24, 2.45) is 0 Å². The molecule has 0 heterocycles. The van der Waals surface area contributed by atoms with Gasteiger partial charge in [0.25, 0.3) is 0 Å². The van der Waals surface area contributed by atoms with E-state index in [1.807, 2.05) is 74.8 Å². The first-order valence-corrected chi connectivity index (χ1v) is 7.50. The van der Waals surface area contributed by atoms with Crippen molar-refractivity contribution < 1.29 is 0 Å². The highest BCUT2D eigenvalue weighted by Gasteiger charge is 2.10. The van der Waals surface area contributed by atoms with Crippen LogP contribution in [0.3, 0.4) is 0 Å². The Morgan fingerprint density at radius 2 is 1.09 bits per heavy atom. The Labute approximate surface area is 137 Å². The molecule has 0 radical (unpaired) electrons. The molecule has 23 heavy (non-hydrogen) atoms. The van der Waals surface area contributed by atoms with Crippen LogP contribution in [-0.4, -0.2) is 35.8 Å². The molecule has 5 nitrogen and oxygen atoms in total. The summed E-state index contributed by atoms with van der Waals surface area (Å²) in [5.41, 5.74) is 2.26. The third kappa shape index (κ3) is 5.14. The number of rotatable bonds is 4. The fraction of sp³-hybridized carbons (Fsp3) is 0.222. The van der Waals surface area contributed by atoms with Gasteiger partial charge in [-0.05, 0) is 11.1 Å². The van der Waals surface area contributed by atoms with E-state index >= 15 is 0 Å². The second-order valence-electron chi connectivity index (χ2n) is 5.51. The van der Waals surface area contributed by atoms with E-state index in [1.165, 1.54) is 0 Å². The lowest BCUT2D eigenvalue weighted by molar-refractivity contribution is 0.459. The number of guanidine groups is 2. The van der Waals surface area contributed by atoms with E-state index in [9.17, 15) is 0 Å². The molecule has 120 valence electrons. The van der Waals surface area contributed by atoms with Gasteiger partial charge < -0.3 is 9.80 Å². The minimum Gasteiger partial charge on any atom is -0.342 e. The van der Waals surface area contributed by atoms with Gasteiger partial charge in [-0.2, -0.15) is 0 Å². The molecule has 5 heteroatoms. The van der Waals surface area contributed by atoms with Crippen LogP contribution in [0, 0.1) is 10.8 Å².